The summed E-state index contributed by atoms with van der Waals surface area (Å²) in [6, 6.07) is 5.29. The van der Waals surface area contributed by atoms with Crippen LogP contribution in [0.15, 0.2) is 18.2 Å². The summed E-state index contributed by atoms with van der Waals surface area (Å²) < 4.78 is 5.59. The van der Waals surface area contributed by atoms with Crippen LogP contribution in [0.4, 0.5) is 4.79 Å². The number of benzene rings is 1. The van der Waals surface area contributed by atoms with Crippen LogP contribution in [0, 0.1) is 5.92 Å². The number of likely N-dealkylation sites (tertiary alicyclic amines) is 1. The van der Waals surface area contributed by atoms with Crippen LogP contribution in [0.5, 0.6) is 0 Å². The number of amides is 1. The molecule has 1 aromatic carbocycles. The lowest BCUT2D eigenvalue weighted by atomic mass is 9.97. The van der Waals surface area contributed by atoms with E-state index in [-0.39, 0.29) is 24.0 Å². The zero-order valence-corrected chi connectivity index (χ0v) is 16.9. The van der Waals surface area contributed by atoms with Gasteiger partial charge in [0, 0.05) is 51.6 Å². The fraction of sp³-hybridized carbons (Fsp3) is 0.579. The Balaban J connectivity index is 1.48. The largest absolute Gasteiger partial charge is 0.430 e. The number of halogens is 2. The van der Waals surface area contributed by atoms with Crippen molar-refractivity contribution in [2.24, 2.45) is 5.92 Å². The zero-order chi connectivity index (χ0) is 19.4. The van der Waals surface area contributed by atoms with E-state index in [4.69, 9.17) is 27.9 Å². The van der Waals surface area contributed by atoms with E-state index in [1.165, 1.54) is 0 Å². The SMILES string of the molecule is CC(OC(=O)N1CCNCC1)N1CCC(C(=O)Cc2ccc(Cl)c(Cl)c2)C1. The van der Waals surface area contributed by atoms with Gasteiger partial charge in [-0.3, -0.25) is 9.69 Å². The summed E-state index contributed by atoms with van der Waals surface area (Å²) in [5.41, 5.74) is 0.867. The van der Waals surface area contributed by atoms with Gasteiger partial charge in [0.05, 0.1) is 10.0 Å². The molecule has 0 bridgehead atoms. The van der Waals surface area contributed by atoms with Crippen LogP contribution in [-0.4, -0.2) is 67.2 Å². The Morgan fingerprint density at radius 2 is 1.96 bits per heavy atom. The van der Waals surface area contributed by atoms with Crippen molar-refractivity contribution in [1.82, 2.24) is 15.1 Å². The van der Waals surface area contributed by atoms with Crippen molar-refractivity contribution in [2.75, 3.05) is 39.3 Å². The van der Waals surface area contributed by atoms with Crippen molar-refractivity contribution in [3.8, 4) is 0 Å². The Kier molecular flexibility index (Phi) is 6.98. The fourth-order valence-electron chi connectivity index (χ4n) is 3.52. The zero-order valence-electron chi connectivity index (χ0n) is 15.4. The molecular formula is C19H25Cl2N3O3. The summed E-state index contributed by atoms with van der Waals surface area (Å²) in [7, 11) is 0. The summed E-state index contributed by atoms with van der Waals surface area (Å²) in [6.07, 6.45) is 0.491. The maximum Gasteiger partial charge on any atom is 0.411 e. The molecule has 0 aliphatic carbocycles. The van der Waals surface area contributed by atoms with Gasteiger partial charge in [0.1, 0.15) is 5.78 Å². The molecule has 2 aliphatic rings. The number of hydrogen-bond acceptors (Lipinski definition) is 5. The first-order valence-electron chi connectivity index (χ1n) is 9.31. The molecule has 1 N–H and O–H groups in total. The smallest absolute Gasteiger partial charge is 0.411 e. The maximum absolute atomic E-state index is 12.6. The van der Waals surface area contributed by atoms with Crippen molar-refractivity contribution in [3.05, 3.63) is 33.8 Å². The Bertz CT molecular complexity index is 695. The van der Waals surface area contributed by atoms with Crippen molar-refractivity contribution in [1.29, 1.82) is 0 Å². The third kappa shape index (κ3) is 5.35. The van der Waals surface area contributed by atoms with Crippen LogP contribution >= 0.6 is 23.2 Å². The Hall–Kier alpha value is -1.34. The fourth-order valence-corrected chi connectivity index (χ4v) is 3.84. The molecule has 2 heterocycles. The van der Waals surface area contributed by atoms with E-state index in [0.29, 0.717) is 36.1 Å². The summed E-state index contributed by atoms with van der Waals surface area (Å²) in [6.45, 7) is 6.12. The van der Waals surface area contributed by atoms with E-state index in [1.807, 2.05) is 13.0 Å². The average molecular weight is 414 g/mol. The standard InChI is InChI=1S/C19H25Cl2N3O3/c1-13(27-19(26)23-8-5-22-6-9-23)24-7-4-15(12-24)18(25)11-14-2-3-16(20)17(21)10-14/h2-3,10,13,15,22H,4-9,11-12H2,1H3. The number of ketones is 1. The molecule has 3 rings (SSSR count). The molecule has 0 saturated carbocycles. The van der Waals surface area contributed by atoms with Crippen molar-refractivity contribution < 1.29 is 14.3 Å². The lowest BCUT2D eigenvalue weighted by molar-refractivity contribution is -0.122. The number of ether oxygens (including phenoxy) is 1. The molecular weight excluding hydrogens is 389 g/mol. The van der Waals surface area contributed by atoms with Crippen LogP contribution in [0.2, 0.25) is 10.0 Å². The summed E-state index contributed by atoms with van der Waals surface area (Å²) in [5, 5.41) is 4.16. The second kappa shape index (κ2) is 9.24. The monoisotopic (exact) mass is 413 g/mol. The molecule has 2 unspecified atom stereocenters. The predicted molar refractivity (Wildman–Crippen MR) is 105 cm³/mol. The summed E-state index contributed by atoms with van der Waals surface area (Å²) in [5.74, 6) is 0.122. The number of carbonyl (C=O) groups is 2. The molecule has 8 heteroatoms. The van der Waals surface area contributed by atoms with Crippen LogP contribution < -0.4 is 5.32 Å². The third-order valence-electron chi connectivity index (χ3n) is 5.20. The van der Waals surface area contributed by atoms with Gasteiger partial charge in [-0.15, -0.1) is 0 Å². The van der Waals surface area contributed by atoms with E-state index in [9.17, 15) is 9.59 Å². The Labute approximate surface area is 169 Å². The number of carbonyl (C=O) groups excluding carboxylic acids is 2. The highest BCUT2D eigenvalue weighted by Crippen LogP contribution is 2.25. The van der Waals surface area contributed by atoms with Crippen molar-refractivity contribution >= 4 is 35.1 Å². The van der Waals surface area contributed by atoms with Crippen LogP contribution in [0.1, 0.15) is 18.9 Å². The van der Waals surface area contributed by atoms with Gasteiger partial charge in [0.2, 0.25) is 0 Å². The first kappa shape index (κ1) is 20.4. The number of rotatable bonds is 5. The number of hydrogen-bond donors (Lipinski definition) is 1. The number of piperazine rings is 1. The molecule has 2 aliphatic heterocycles. The molecule has 2 atom stereocenters. The molecule has 0 aromatic heterocycles. The number of Topliss-reactive ketones (excluding diaryl/α,β-unsaturated/α-hetero) is 1. The molecule has 27 heavy (non-hydrogen) atoms. The van der Waals surface area contributed by atoms with Gasteiger partial charge in [0.15, 0.2) is 6.23 Å². The minimum absolute atomic E-state index is 0.0557. The maximum atomic E-state index is 12.6. The van der Waals surface area contributed by atoms with Gasteiger partial charge < -0.3 is 15.0 Å². The molecule has 2 saturated heterocycles. The van der Waals surface area contributed by atoms with Crippen LogP contribution in [-0.2, 0) is 16.0 Å². The minimum Gasteiger partial charge on any atom is -0.430 e. The normalized spacial score (nSPS) is 21.9. The molecule has 6 nitrogen and oxygen atoms in total. The lowest BCUT2D eigenvalue weighted by Gasteiger charge is -2.30. The first-order valence-corrected chi connectivity index (χ1v) is 10.1. The molecule has 0 spiro atoms. The molecule has 148 valence electrons. The van der Waals surface area contributed by atoms with E-state index >= 15 is 0 Å². The van der Waals surface area contributed by atoms with E-state index in [1.54, 1.807) is 17.0 Å². The van der Waals surface area contributed by atoms with Crippen LogP contribution in [0.3, 0.4) is 0 Å². The Morgan fingerprint density at radius 3 is 2.67 bits per heavy atom. The Morgan fingerprint density at radius 1 is 1.22 bits per heavy atom. The highest BCUT2D eigenvalue weighted by molar-refractivity contribution is 6.42. The quantitative estimate of drug-likeness (QED) is 0.803. The highest BCUT2D eigenvalue weighted by atomic mass is 35.5. The second-order valence-electron chi connectivity index (χ2n) is 7.09. The van der Waals surface area contributed by atoms with E-state index in [2.05, 4.69) is 10.2 Å². The third-order valence-corrected chi connectivity index (χ3v) is 5.94. The lowest BCUT2D eigenvalue weighted by Crippen LogP contribution is -2.48. The summed E-state index contributed by atoms with van der Waals surface area (Å²) >= 11 is 12.0. The van der Waals surface area contributed by atoms with Gasteiger partial charge in [0.25, 0.3) is 0 Å². The van der Waals surface area contributed by atoms with E-state index < -0.39 is 0 Å². The number of nitrogens with one attached hydrogen (secondary N) is 1. The topological polar surface area (TPSA) is 61.9 Å². The van der Waals surface area contributed by atoms with E-state index in [0.717, 1.165) is 31.6 Å². The predicted octanol–water partition coefficient (Wildman–Crippen LogP) is 2.81. The first-order chi connectivity index (χ1) is 12.9. The number of nitrogens with zero attached hydrogens (tertiary/aromatic N) is 2. The van der Waals surface area contributed by atoms with Gasteiger partial charge in [-0.25, -0.2) is 4.79 Å². The summed E-state index contributed by atoms with van der Waals surface area (Å²) in [4.78, 5) is 28.6. The van der Waals surface area contributed by atoms with Gasteiger partial charge >= 0.3 is 6.09 Å². The molecule has 1 amide bonds. The van der Waals surface area contributed by atoms with Gasteiger partial charge in [-0.2, -0.15) is 0 Å². The van der Waals surface area contributed by atoms with Crippen molar-refractivity contribution in [2.45, 2.75) is 26.0 Å². The van der Waals surface area contributed by atoms with Gasteiger partial charge in [-0.05, 0) is 31.0 Å². The van der Waals surface area contributed by atoms with Gasteiger partial charge in [-0.1, -0.05) is 29.3 Å². The molecule has 0 radical (unpaired) electrons. The second-order valence-corrected chi connectivity index (χ2v) is 7.91. The average Bonchev–Trinajstić information content (AvgIpc) is 3.16. The van der Waals surface area contributed by atoms with Crippen molar-refractivity contribution in [3.63, 3.8) is 0 Å². The minimum atomic E-state index is -0.338. The molecule has 2 fully saturated rings. The van der Waals surface area contributed by atoms with Crippen LogP contribution in [0.25, 0.3) is 0 Å². The highest BCUT2D eigenvalue weighted by Gasteiger charge is 2.32. The molecule has 1 aromatic rings.